The molecule has 0 bridgehead atoms. The molecule has 1 atom stereocenters. The van der Waals surface area contributed by atoms with E-state index in [9.17, 15) is 18.4 Å². The average molecular weight is 446 g/mol. The zero-order chi connectivity index (χ0) is 23.3. The van der Waals surface area contributed by atoms with Crippen LogP contribution in [-0.4, -0.2) is 69.0 Å². The molecule has 9 heteroatoms. The maximum absolute atomic E-state index is 13.5. The lowest BCUT2D eigenvalue weighted by molar-refractivity contribution is -0.132. The zero-order valence-corrected chi connectivity index (χ0v) is 18.2. The highest BCUT2D eigenvalue weighted by molar-refractivity contribution is 5.99. The summed E-state index contributed by atoms with van der Waals surface area (Å²) in [6.45, 7) is 4.06. The van der Waals surface area contributed by atoms with E-state index in [0.29, 0.717) is 49.6 Å². The second kappa shape index (κ2) is 10.5. The van der Waals surface area contributed by atoms with Crippen LogP contribution in [0, 0.1) is 12.8 Å². The van der Waals surface area contributed by atoms with Crippen LogP contribution in [0.15, 0.2) is 40.7 Å². The molecular formula is C23H28F2N4O3. The molecule has 1 aromatic rings. The van der Waals surface area contributed by atoms with Crippen molar-refractivity contribution in [1.82, 2.24) is 10.2 Å². The van der Waals surface area contributed by atoms with E-state index in [2.05, 4.69) is 10.3 Å². The number of halogens is 2. The molecule has 0 radical (unpaired) electrons. The number of nitrogen functional groups attached to an aromatic ring is 1. The Morgan fingerprint density at radius 3 is 2.81 bits per heavy atom. The summed E-state index contributed by atoms with van der Waals surface area (Å²) in [5.41, 5.74) is 8.58. The first-order chi connectivity index (χ1) is 15.3. The van der Waals surface area contributed by atoms with Gasteiger partial charge in [0.25, 0.3) is 11.8 Å². The Balaban J connectivity index is 1.54. The smallest absolute Gasteiger partial charge is 0.253 e. The quantitative estimate of drug-likeness (QED) is 0.364. The standard InChI is InChI=1S/C23H28F2N4O3/c1-14-5-21(26)17(8-20(14)22(30)28-3-4-32-2)11-27-10-15-12-29(13-15)23(31)16-6-18(24)9-19(25)7-16/h5-8,11,15,18H,3-4,9-10,12-13,26H2,1-2H3,(H,28,30). The molecule has 1 aromatic carbocycles. The maximum atomic E-state index is 13.5. The summed E-state index contributed by atoms with van der Waals surface area (Å²) in [6, 6.07) is 3.44. The number of hydrogen-bond acceptors (Lipinski definition) is 5. The van der Waals surface area contributed by atoms with Crippen molar-refractivity contribution < 1.29 is 23.1 Å². The Bertz CT molecular complexity index is 968. The summed E-state index contributed by atoms with van der Waals surface area (Å²) in [6.07, 6.45) is 2.12. The number of nitrogens with two attached hydrogens (primary N) is 1. The van der Waals surface area contributed by atoms with Crippen molar-refractivity contribution in [3.05, 3.63) is 52.4 Å². The third kappa shape index (κ3) is 5.79. The molecule has 3 rings (SSSR count). The first kappa shape index (κ1) is 23.6. The summed E-state index contributed by atoms with van der Waals surface area (Å²) >= 11 is 0. The summed E-state index contributed by atoms with van der Waals surface area (Å²) in [4.78, 5) is 30.7. The van der Waals surface area contributed by atoms with Gasteiger partial charge >= 0.3 is 0 Å². The van der Waals surface area contributed by atoms with Crippen LogP contribution in [0.2, 0.25) is 0 Å². The van der Waals surface area contributed by atoms with Gasteiger partial charge in [0.1, 0.15) is 12.0 Å². The molecule has 2 aliphatic rings. The summed E-state index contributed by atoms with van der Waals surface area (Å²) in [5, 5.41) is 2.79. The van der Waals surface area contributed by atoms with Crippen molar-refractivity contribution in [3.63, 3.8) is 0 Å². The topological polar surface area (TPSA) is 97.0 Å². The Morgan fingerprint density at radius 1 is 1.38 bits per heavy atom. The third-order valence-electron chi connectivity index (χ3n) is 5.41. The molecule has 1 unspecified atom stereocenters. The number of hydrogen-bond donors (Lipinski definition) is 2. The van der Waals surface area contributed by atoms with Gasteiger partial charge < -0.3 is 20.7 Å². The molecule has 0 saturated carbocycles. The van der Waals surface area contributed by atoms with Crippen molar-refractivity contribution in [2.45, 2.75) is 19.5 Å². The fourth-order valence-corrected chi connectivity index (χ4v) is 3.65. The van der Waals surface area contributed by atoms with E-state index < -0.39 is 12.0 Å². The Labute approximate surface area is 186 Å². The lowest BCUT2D eigenvalue weighted by atomic mass is 9.97. The van der Waals surface area contributed by atoms with E-state index in [1.54, 1.807) is 30.4 Å². The van der Waals surface area contributed by atoms with Crippen LogP contribution in [0.5, 0.6) is 0 Å². The monoisotopic (exact) mass is 446 g/mol. The van der Waals surface area contributed by atoms with Gasteiger partial charge in [-0.2, -0.15) is 0 Å². The minimum absolute atomic E-state index is 0.0620. The number of allylic oxidation sites excluding steroid dienone is 2. The van der Waals surface area contributed by atoms with E-state index >= 15 is 0 Å². The molecule has 1 fully saturated rings. The number of nitrogens with one attached hydrogen (secondary N) is 1. The van der Waals surface area contributed by atoms with Gasteiger partial charge in [-0.1, -0.05) is 0 Å². The lowest BCUT2D eigenvalue weighted by Crippen LogP contribution is -2.51. The van der Waals surface area contributed by atoms with E-state index in [0.717, 1.165) is 11.6 Å². The fraction of sp³-hybridized carbons (Fsp3) is 0.435. The first-order valence-corrected chi connectivity index (χ1v) is 10.5. The highest BCUT2D eigenvalue weighted by Crippen LogP contribution is 2.25. The van der Waals surface area contributed by atoms with Gasteiger partial charge in [0.2, 0.25) is 0 Å². The second-order valence-corrected chi connectivity index (χ2v) is 8.05. The van der Waals surface area contributed by atoms with Crippen molar-refractivity contribution in [2.75, 3.05) is 45.6 Å². The number of carbonyl (C=O) groups is 2. The number of aryl methyl sites for hydroxylation is 1. The predicted molar refractivity (Wildman–Crippen MR) is 119 cm³/mol. The number of amides is 2. The zero-order valence-electron chi connectivity index (χ0n) is 18.2. The Kier molecular flexibility index (Phi) is 7.74. The number of anilines is 1. The van der Waals surface area contributed by atoms with Crippen LogP contribution in [0.3, 0.4) is 0 Å². The number of likely N-dealkylation sites (tertiary alicyclic amines) is 1. The van der Waals surface area contributed by atoms with Crippen molar-refractivity contribution in [3.8, 4) is 0 Å². The second-order valence-electron chi connectivity index (χ2n) is 8.05. The van der Waals surface area contributed by atoms with Gasteiger partial charge in [0.05, 0.1) is 6.61 Å². The van der Waals surface area contributed by atoms with Gasteiger partial charge in [0, 0.05) is 74.2 Å². The molecular weight excluding hydrogens is 418 g/mol. The normalized spacial score (nSPS) is 18.9. The van der Waals surface area contributed by atoms with Gasteiger partial charge in [-0.25, -0.2) is 8.78 Å². The van der Waals surface area contributed by atoms with Crippen LogP contribution in [0.4, 0.5) is 14.5 Å². The number of ether oxygens (including phenoxy) is 1. The number of carbonyl (C=O) groups excluding carboxylic acids is 2. The number of rotatable bonds is 8. The van der Waals surface area contributed by atoms with Gasteiger partial charge in [-0.3, -0.25) is 14.6 Å². The first-order valence-electron chi connectivity index (χ1n) is 10.5. The molecule has 1 saturated heterocycles. The highest BCUT2D eigenvalue weighted by atomic mass is 19.1. The molecule has 1 aliphatic carbocycles. The van der Waals surface area contributed by atoms with Gasteiger partial charge in [-0.15, -0.1) is 0 Å². The lowest BCUT2D eigenvalue weighted by Gasteiger charge is -2.39. The SMILES string of the molecule is COCCNC(=O)c1cc(C=NCC2CN(C(=O)C3=CC(F)CC(F)=C3)C2)c(N)cc1C. The number of nitrogens with zero attached hydrogens (tertiary/aromatic N) is 2. The molecule has 0 aromatic heterocycles. The minimum atomic E-state index is -1.47. The van der Waals surface area contributed by atoms with Crippen LogP contribution in [0.25, 0.3) is 0 Å². The molecule has 3 N–H and O–H groups in total. The molecule has 1 heterocycles. The summed E-state index contributed by atoms with van der Waals surface area (Å²) in [5.74, 6) is -1.04. The van der Waals surface area contributed by atoms with Crippen molar-refractivity contribution in [2.24, 2.45) is 10.9 Å². The molecule has 0 spiro atoms. The molecule has 7 nitrogen and oxygen atoms in total. The highest BCUT2D eigenvalue weighted by Gasteiger charge is 2.32. The molecule has 32 heavy (non-hydrogen) atoms. The average Bonchev–Trinajstić information content (AvgIpc) is 2.70. The van der Waals surface area contributed by atoms with Crippen LogP contribution in [0.1, 0.15) is 27.9 Å². The summed E-state index contributed by atoms with van der Waals surface area (Å²) in [7, 11) is 1.57. The summed E-state index contributed by atoms with van der Waals surface area (Å²) < 4.78 is 31.8. The van der Waals surface area contributed by atoms with Crippen LogP contribution < -0.4 is 11.1 Å². The largest absolute Gasteiger partial charge is 0.398 e. The third-order valence-corrected chi connectivity index (χ3v) is 5.41. The van der Waals surface area contributed by atoms with Crippen molar-refractivity contribution in [1.29, 1.82) is 0 Å². The number of alkyl halides is 1. The minimum Gasteiger partial charge on any atom is -0.398 e. The fourth-order valence-electron chi connectivity index (χ4n) is 3.65. The Hall–Kier alpha value is -3.07. The van der Waals surface area contributed by atoms with E-state index in [4.69, 9.17) is 10.5 Å². The number of methoxy groups -OCH3 is 1. The molecule has 1 aliphatic heterocycles. The van der Waals surface area contributed by atoms with Gasteiger partial charge in [-0.05, 0) is 36.8 Å². The number of benzene rings is 1. The van der Waals surface area contributed by atoms with Crippen LogP contribution in [-0.2, 0) is 9.53 Å². The van der Waals surface area contributed by atoms with E-state index in [1.165, 1.54) is 6.08 Å². The van der Waals surface area contributed by atoms with E-state index in [1.807, 2.05) is 6.92 Å². The molecule has 172 valence electrons. The maximum Gasteiger partial charge on any atom is 0.253 e. The number of aliphatic imine (C=N–C) groups is 1. The van der Waals surface area contributed by atoms with Gasteiger partial charge in [0.15, 0.2) is 0 Å². The van der Waals surface area contributed by atoms with E-state index in [-0.39, 0.29) is 29.7 Å². The molecule has 2 amide bonds. The van der Waals surface area contributed by atoms with Crippen LogP contribution >= 0.6 is 0 Å². The van der Waals surface area contributed by atoms with Crippen molar-refractivity contribution >= 4 is 23.7 Å². The predicted octanol–water partition coefficient (Wildman–Crippen LogP) is 2.35. The Morgan fingerprint density at radius 2 is 2.12 bits per heavy atom.